The fraction of sp³-hybridized carbons (Fsp3) is 0.433. The monoisotopic (exact) mass is 734 g/mol. The maximum absolute atomic E-state index is 15.3. The molecule has 1 N–H and O–H groups in total. The lowest BCUT2D eigenvalue weighted by Crippen LogP contribution is -2.35. The predicted octanol–water partition coefficient (Wildman–Crippen LogP) is 6.07. The van der Waals surface area contributed by atoms with E-state index in [4.69, 9.17) is 0 Å². The molecule has 5 rings (SSSR count). The first kappa shape index (κ1) is 33.9. The Bertz CT molecular complexity index is 1890. The smallest absolute Gasteiger partial charge is 0.346 e. The van der Waals surface area contributed by atoms with Crippen molar-refractivity contribution in [2.75, 3.05) is 6.26 Å². The lowest BCUT2D eigenvalue weighted by Gasteiger charge is -2.21. The molecule has 2 aliphatic rings. The number of hydrogen-bond donors (Lipinski definition) is 1. The highest BCUT2D eigenvalue weighted by Gasteiger charge is 2.72. The number of amides is 1. The van der Waals surface area contributed by atoms with Gasteiger partial charge in [0.2, 0.25) is 5.91 Å². The van der Waals surface area contributed by atoms with Gasteiger partial charge in [0, 0.05) is 34.2 Å². The molecule has 2 aromatic heterocycles. The topological polar surface area (TPSA) is 93.9 Å². The van der Waals surface area contributed by atoms with E-state index >= 15 is 8.78 Å². The number of hydrogen-bond acceptors (Lipinski definition) is 5. The standard InChI is InChI=1S/C30H26BrF7N4O3S/c1-14-22-23-26(30(36,37)38)41-42(27(23)29(34,35)24(14)22)13-21(43)40-20(11-15-9-16(32)12-17(33)10-15)25-19(31)6-5-18(39-25)7-8-28(2,3)46(4,44)45/h5-6,9-10,12,14,20,22,24H,11,13H2,1-4H3,(H,40,43)/t14-,20+,22-,24-/m1/s1. The Morgan fingerprint density at radius 2 is 1.78 bits per heavy atom. The average molecular weight is 736 g/mol. The summed E-state index contributed by atoms with van der Waals surface area (Å²) in [4.78, 5) is 17.7. The summed E-state index contributed by atoms with van der Waals surface area (Å²) in [6.45, 7) is 3.19. The minimum atomic E-state index is -5.04. The minimum Gasteiger partial charge on any atom is -0.346 e. The molecule has 2 heterocycles. The molecule has 0 aliphatic heterocycles. The number of halogens is 8. The van der Waals surface area contributed by atoms with Gasteiger partial charge in [-0.3, -0.25) is 9.48 Å². The maximum Gasteiger partial charge on any atom is 0.435 e. The molecule has 0 radical (unpaired) electrons. The van der Waals surface area contributed by atoms with Crippen molar-refractivity contribution < 1.29 is 43.9 Å². The fourth-order valence-corrected chi connectivity index (χ4v) is 6.46. The van der Waals surface area contributed by atoms with Crippen LogP contribution in [0.5, 0.6) is 0 Å². The van der Waals surface area contributed by atoms with Crippen LogP contribution in [0.4, 0.5) is 30.7 Å². The van der Waals surface area contributed by atoms with Crippen LogP contribution >= 0.6 is 15.9 Å². The van der Waals surface area contributed by atoms with Gasteiger partial charge < -0.3 is 5.32 Å². The van der Waals surface area contributed by atoms with E-state index in [1.807, 2.05) is 0 Å². The molecule has 1 saturated carbocycles. The lowest BCUT2D eigenvalue weighted by molar-refractivity contribution is -0.142. The quantitative estimate of drug-likeness (QED) is 0.235. The highest BCUT2D eigenvalue weighted by molar-refractivity contribution is 9.10. The minimum absolute atomic E-state index is 0.0593. The van der Waals surface area contributed by atoms with Crippen molar-refractivity contribution in [1.82, 2.24) is 20.1 Å². The molecular formula is C30H26BrF7N4O3S. The van der Waals surface area contributed by atoms with Gasteiger partial charge in [-0.15, -0.1) is 0 Å². The molecule has 0 unspecified atom stereocenters. The summed E-state index contributed by atoms with van der Waals surface area (Å²) in [7, 11) is -3.60. The Morgan fingerprint density at radius 3 is 2.37 bits per heavy atom. The Hall–Kier alpha value is -3.45. The number of carbonyl (C=O) groups is 1. The molecule has 1 fully saturated rings. The van der Waals surface area contributed by atoms with Crippen molar-refractivity contribution in [3.05, 3.63) is 80.3 Å². The number of carbonyl (C=O) groups excluding carboxylic acids is 1. The Kier molecular flexibility index (Phi) is 8.37. The number of benzene rings is 1. The Morgan fingerprint density at radius 1 is 1.15 bits per heavy atom. The van der Waals surface area contributed by atoms with Crippen molar-refractivity contribution in [2.24, 2.45) is 11.8 Å². The second kappa shape index (κ2) is 11.4. The summed E-state index contributed by atoms with van der Waals surface area (Å²) in [6, 6.07) is 4.34. The van der Waals surface area contributed by atoms with E-state index < -0.39 is 91.5 Å². The van der Waals surface area contributed by atoms with Crippen LogP contribution in [0.25, 0.3) is 0 Å². The van der Waals surface area contributed by atoms with Crippen LogP contribution in [0.1, 0.15) is 66.6 Å². The molecular weight excluding hydrogens is 709 g/mol. The molecule has 0 spiro atoms. The zero-order valence-electron chi connectivity index (χ0n) is 24.6. The molecule has 46 heavy (non-hydrogen) atoms. The maximum atomic E-state index is 15.3. The number of rotatable bonds is 7. The zero-order chi connectivity index (χ0) is 34.1. The van der Waals surface area contributed by atoms with E-state index in [-0.39, 0.29) is 27.8 Å². The third-order valence-electron chi connectivity index (χ3n) is 8.32. The van der Waals surface area contributed by atoms with Gasteiger partial charge in [0.05, 0.1) is 11.7 Å². The predicted molar refractivity (Wildman–Crippen MR) is 155 cm³/mol. The molecule has 246 valence electrons. The molecule has 0 bridgehead atoms. The van der Waals surface area contributed by atoms with Crippen molar-refractivity contribution in [1.29, 1.82) is 0 Å². The molecule has 3 aromatic rings. The number of nitrogens with one attached hydrogen (secondary N) is 1. The van der Waals surface area contributed by atoms with Crippen LogP contribution in [0.15, 0.2) is 34.8 Å². The molecule has 1 aromatic carbocycles. The van der Waals surface area contributed by atoms with Crippen LogP contribution in [-0.4, -0.2) is 40.1 Å². The van der Waals surface area contributed by atoms with Gasteiger partial charge in [-0.05, 0) is 77.9 Å². The van der Waals surface area contributed by atoms with Crippen LogP contribution < -0.4 is 5.32 Å². The van der Waals surface area contributed by atoms with E-state index in [9.17, 15) is 35.2 Å². The molecule has 2 aliphatic carbocycles. The van der Waals surface area contributed by atoms with Crippen LogP contribution in [0.3, 0.4) is 0 Å². The van der Waals surface area contributed by atoms with Crippen LogP contribution in [0, 0.1) is 35.3 Å². The second-order valence-electron chi connectivity index (χ2n) is 12.0. The first-order valence-electron chi connectivity index (χ1n) is 13.8. The van der Waals surface area contributed by atoms with Gasteiger partial charge in [-0.1, -0.05) is 12.8 Å². The van der Waals surface area contributed by atoms with Crippen molar-refractivity contribution in [3.8, 4) is 11.8 Å². The van der Waals surface area contributed by atoms with E-state index in [1.165, 1.54) is 32.9 Å². The summed E-state index contributed by atoms with van der Waals surface area (Å²) in [5.41, 5.74) is -2.85. The van der Waals surface area contributed by atoms with Crippen molar-refractivity contribution in [2.45, 2.75) is 62.5 Å². The van der Waals surface area contributed by atoms with Gasteiger partial charge in [0.25, 0.3) is 5.92 Å². The number of alkyl halides is 5. The highest BCUT2D eigenvalue weighted by Crippen LogP contribution is 2.71. The third-order valence-corrected chi connectivity index (χ3v) is 10.9. The van der Waals surface area contributed by atoms with Gasteiger partial charge in [0.1, 0.15) is 34.3 Å². The largest absolute Gasteiger partial charge is 0.435 e. The number of sulfone groups is 1. The number of fused-ring (bicyclic) bond motifs is 3. The summed E-state index contributed by atoms with van der Waals surface area (Å²) in [6.07, 6.45) is -4.32. The number of nitrogens with zero attached hydrogens (tertiary/aromatic N) is 3. The molecule has 1 amide bonds. The third kappa shape index (κ3) is 6.27. The van der Waals surface area contributed by atoms with E-state index in [2.05, 4.69) is 43.2 Å². The van der Waals surface area contributed by atoms with Crippen LogP contribution in [-0.2, 0) is 39.7 Å². The Labute approximate surface area is 268 Å². The Balaban J connectivity index is 1.51. The second-order valence-corrected chi connectivity index (χ2v) is 15.4. The normalized spacial score (nSPS) is 20.7. The SMILES string of the molecule is C[C@@H]1[C@@H]2c3c(C(F)(F)F)nn(CC(=O)N[C@@H](Cc4cc(F)cc(F)c4)c4nc(C#CC(C)(C)S(C)(=O)=O)ccc4Br)c3C(F)(F)[C@H]12. The van der Waals surface area contributed by atoms with E-state index in [1.54, 1.807) is 0 Å². The summed E-state index contributed by atoms with van der Waals surface area (Å²) in [5.74, 6) is -4.30. The van der Waals surface area contributed by atoms with Gasteiger partial charge in [-0.2, -0.15) is 27.1 Å². The molecule has 7 nitrogen and oxygen atoms in total. The van der Waals surface area contributed by atoms with E-state index in [0.29, 0.717) is 10.7 Å². The summed E-state index contributed by atoms with van der Waals surface area (Å²) >= 11 is 3.30. The van der Waals surface area contributed by atoms with Gasteiger partial charge >= 0.3 is 6.18 Å². The molecule has 0 saturated heterocycles. The van der Waals surface area contributed by atoms with Gasteiger partial charge in [-0.25, -0.2) is 22.2 Å². The van der Waals surface area contributed by atoms with Crippen LogP contribution in [0.2, 0.25) is 0 Å². The lowest BCUT2D eigenvalue weighted by atomic mass is 10.0. The first-order valence-corrected chi connectivity index (χ1v) is 16.5. The van der Waals surface area contributed by atoms with Gasteiger partial charge in [0.15, 0.2) is 15.5 Å². The average Bonchev–Trinajstić information content (AvgIpc) is 3.31. The van der Waals surface area contributed by atoms with Crippen molar-refractivity contribution in [3.63, 3.8) is 0 Å². The highest BCUT2D eigenvalue weighted by atomic mass is 79.9. The number of aromatic nitrogens is 3. The molecule has 4 atom stereocenters. The molecule has 16 heteroatoms. The van der Waals surface area contributed by atoms with Crippen molar-refractivity contribution >= 4 is 31.7 Å². The zero-order valence-corrected chi connectivity index (χ0v) is 27.0. The summed E-state index contributed by atoms with van der Waals surface area (Å²) in [5, 5.41) is 5.92. The fourth-order valence-electron chi connectivity index (χ4n) is 5.72. The first-order chi connectivity index (χ1) is 21.1. The number of pyridine rings is 1. The summed E-state index contributed by atoms with van der Waals surface area (Å²) < 4.78 is 124. The van der Waals surface area contributed by atoms with E-state index in [0.717, 1.165) is 18.4 Å².